The molecule has 1 unspecified atom stereocenters. The number of hydrogen-bond donors (Lipinski definition) is 1. The van der Waals surface area contributed by atoms with E-state index in [1.807, 2.05) is 0 Å². The second-order valence-electron chi connectivity index (χ2n) is 5.90. The molecule has 120 valence electrons. The van der Waals surface area contributed by atoms with Gasteiger partial charge in [0, 0.05) is 32.2 Å². The van der Waals surface area contributed by atoms with Gasteiger partial charge >= 0.3 is 0 Å². The second kappa shape index (κ2) is 10.6. The predicted octanol–water partition coefficient (Wildman–Crippen LogP) is 1.46. The molecule has 1 atom stereocenters. The number of likely N-dealkylation sites (N-methyl/N-ethyl adjacent to an activating group) is 1. The molecule has 1 aliphatic heterocycles. The summed E-state index contributed by atoms with van der Waals surface area (Å²) in [6, 6.07) is 0.697. The van der Waals surface area contributed by atoms with Crippen molar-refractivity contribution in [2.24, 2.45) is 5.73 Å². The van der Waals surface area contributed by atoms with E-state index < -0.39 is 0 Å². The average molecular weight is 284 g/mol. The Hall–Kier alpha value is -0.160. The van der Waals surface area contributed by atoms with Gasteiger partial charge in [-0.2, -0.15) is 0 Å². The minimum absolute atomic E-state index is 0.697. The molecule has 0 radical (unpaired) electrons. The molecule has 4 nitrogen and oxygen atoms in total. The molecule has 0 spiro atoms. The summed E-state index contributed by atoms with van der Waals surface area (Å²) in [6.07, 6.45) is 3.69. The van der Waals surface area contributed by atoms with Crippen molar-refractivity contribution < 1.29 is 0 Å². The SMILES string of the molecule is CCC(CCN)N1CCCN(CCN(CC)CC)CC1. The normalized spacial score (nSPS) is 20.2. The van der Waals surface area contributed by atoms with Crippen molar-refractivity contribution in [1.82, 2.24) is 14.7 Å². The van der Waals surface area contributed by atoms with Crippen LogP contribution in [0.1, 0.15) is 40.0 Å². The summed E-state index contributed by atoms with van der Waals surface area (Å²) in [4.78, 5) is 7.84. The summed E-state index contributed by atoms with van der Waals surface area (Å²) < 4.78 is 0. The van der Waals surface area contributed by atoms with E-state index in [4.69, 9.17) is 5.73 Å². The van der Waals surface area contributed by atoms with Crippen LogP contribution in [-0.2, 0) is 0 Å². The molecule has 2 N–H and O–H groups in total. The maximum atomic E-state index is 5.75. The van der Waals surface area contributed by atoms with Crippen LogP contribution in [0, 0.1) is 0 Å². The lowest BCUT2D eigenvalue weighted by Gasteiger charge is -2.30. The molecule has 1 rings (SSSR count). The molecule has 20 heavy (non-hydrogen) atoms. The average Bonchev–Trinajstić information content (AvgIpc) is 2.71. The Labute approximate surface area is 126 Å². The van der Waals surface area contributed by atoms with E-state index in [2.05, 4.69) is 35.5 Å². The minimum Gasteiger partial charge on any atom is -0.330 e. The molecule has 0 aromatic heterocycles. The fourth-order valence-electron chi connectivity index (χ4n) is 3.24. The molecule has 1 fully saturated rings. The Morgan fingerprint density at radius 1 is 1.05 bits per heavy atom. The smallest absolute Gasteiger partial charge is 0.0112 e. The second-order valence-corrected chi connectivity index (χ2v) is 5.90. The summed E-state index contributed by atoms with van der Waals surface area (Å²) >= 11 is 0. The Bertz CT molecular complexity index is 231. The van der Waals surface area contributed by atoms with Gasteiger partial charge in [-0.25, -0.2) is 0 Å². The summed E-state index contributed by atoms with van der Waals surface area (Å²) in [7, 11) is 0. The van der Waals surface area contributed by atoms with Crippen LogP contribution >= 0.6 is 0 Å². The third-order valence-corrected chi connectivity index (χ3v) is 4.74. The molecule has 1 heterocycles. The van der Waals surface area contributed by atoms with Crippen LogP contribution in [0.2, 0.25) is 0 Å². The first-order valence-corrected chi connectivity index (χ1v) is 8.63. The van der Waals surface area contributed by atoms with E-state index in [1.54, 1.807) is 0 Å². The molecule has 1 saturated heterocycles. The van der Waals surface area contributed by atoms with E-state index in [9.17, 15) is 0 Å². The topological polar surface area (TPSA) is 35.7 Å². The number of nitrogens with two attached hydrogens (primary N) is 1. The number of nitrogens with zero attached hydrogens (tertiary/aromatic N) is 3. The molecule has 4 heteroatoms. The summed E-state index contributed by atoms with van der Waals surface area (Å²) in [5.74, 6) is 0. The van der Waals surface area contributed by atoms with Gasteiger partial charge < -0.3 is 15.5 Å². The fraction of sp³-hybridized carbons (Fsp3) is 1.00. The van der Waals surface area contributed by atoms with Crippen LogP contribution in [0.4, 0.5) is 0 Å². The van der Waals surface area contributed by atoms with Crippen molar-refractivity contribution in [3.63, 3.8) is 0 Å². The van der Waals surface area contributed by atoms with Crippen LogP contribution < -0.4 is 5.73 Å². The molecule has 0 aromatic carbocycles. The molecule has 0 bridgehead atoms. The van der Waals surface area contributed by atoms with Crippen LogP contribution in [0.5, 0.6) is 0 Å². The third-order valence-electron chi connectivity index (χ3n) is 4.74. The van der Waals surface area contributed by atoms with Crippen molar-refractivity contribution in [3.05, 3.63) is 0 Å². The Kier molecular flexibility index (Phi) is 9.44. The molecule has 0 aromatic rings. The van der Waals surface area contributed by atoms with Crippen LogP contribution in [-0.4, -0.2) is 79.6 Å². The zero-order chi connectivity index (χ0) is 14.8. The molecular formula is C16H36N4. The minimum atomic E-state index is 0.697. The molecule has 0 amide bonds. The van der Waals surface area contributed by atoms with Crippen LogP contribution in [0.3, 0.4) is 0 Å². The standard InChI is InChI=1S/C16H36N4/c1-4-16(8-9-17)20-11-7-10-19(14-15-20)13-12-18(5-2)6-3/h16H,4-15,17H2,1-3H3. The Morgan fingerprint density at radius 2 is 1.80 bits per heavy atom. The number of rotatable bonds is 9. The van der Waals surface area contributed by atoms with Crippen molar-refractivity contribution in [2.75, 3.05) is 58.9 Å². The lowest BCUT2D eigenvalue weighted by molar-refractivity contribution is 0.179. The van der Waals surface area contributed by atoms with Gasteiger partial charge in [0.15, 0.2) is 0 Å². The summed E-state index contributed by atoms with van der Waals surface area (Å²) in [6.45, 7) is 17.4. The lowest BCUT2D eigenvalue weighted by atomic mass is 10.1. The molecule has 1 aliphatic rings. The largest absolute Gasteiger partial charge is 0.330 e. The molecule has 0 saturated carbocycles. The monoisotopic (exact) mass is 284 g/mol. The van der Waals surface area contributed by atoms with E-state index in [0.717, 1.165) is 13.0 Å². The first kappa shape index (κ1) is 17.9. The quantitative estimate of drug-likeness (QED) is 0.695. The van der Waals surface area contributed by atoms with Gasteiger partial charge in [0.2, 0.25) is 0 Å². The van der Waals surface area contributed by atoms with Gasteiger partial charge in [-0.1, -0.05) is 20.8 Å². The van der Waals surface area contributed by atoms with Gasteiger partial charge in [0.25, 0.3) is 0 Å². The van der Waals surface area contributed by atoms with Crippen LogP contribution in [0.25, 0.3) is 0 Å². The third kappa shape index (κ3) is 6.08. The van der Waals surface area contributed by atoms with Gasteiger partial charge in [-0.05, 0) is 52.0 Å². The zero-order valence-corrected chi connectivity index (χ0v) is 14.0. The van der Waals surface area contributed by atoms with Crippen LogP contribution in [0.15, 0.2) is 0 Å². The molecule has 0 aliphatic carbocycles. The highest BCUT2D eigenvalue weighted by Crippen LogP contribution is 2.12. The summed E-state index contributed by atoms with van der Waals surface area (Å²) in [5, 5.41) is 0. The van der Waals surface area contributed by atoms with Gasteiger partial charge in [-0.3, -0.25) is 4.90 Å². The summed E-state index contributed by atoms with van der Waals surface area (Å²) in [5.41, 5.74) is 5.75. The maximum absolute atomic E-state index is 5.75. The lowest BCUT2D eigenvalue weighted by Crippen LogP contribution is -2.40. The highest BCUT2D eigenvalue weighted by molar-refractivity contribution is 4.76. The van der Waals surface area contributed by atoms with Gasteiger partial charge in [0.1, 0.15) is 0 Å². The fourth-order valence-corrected chi connectivity index (χ4v) is 3.24. The van der Waals surface area contributed by atoms with Crippen molar-refractivity contribution in [3.8, 4) is 0 Å². The van der Waals surface area contributed by atoms with E-state index in [-0.39, 0.29) is 0 Å². The van der Waals surface area contributed by atoms with Crippen molar-refractivity contribution in [2.45, 2.75) is 46.1 Å². The highest BCUT2D eigenvalue weighted by atomic mass is 15.2. The first-order valence-electron chi connectivity index (χ1n) is 8.63. The van der Waals surface area contributed by atoms with Gasteiger partial charge in [0.05, 0.1) is 0 Å². The predicted molar refractivity (Wildman–Crippen MR) is 88.2 cm³/mol. The highest BCUT2D eigenvalue weighted by Gasteiger charge is 2.20. The van der Waals surface area contributed by atoms with Crippen molar-refractivity contribution >= 4 is 0 Å². The van der Waals surface area contributed by atoms with Crippen molar-refractivity contribution in [1.29, 1.82) is 0 Å². The zero-order valence-electron chi connectivity index (χ0n) is 14.0. The number of hydrogen-bond acceptors (Lipinski definition) is 4. The van der Waals surface area contributed by atoms with E-state index in [1.165, 1.54) is 65.2 Å². The first-order chi connectivity index (χ1) is 9.74. The van der Waals surface area contributed by atoms with E-state index >= 15 is 0 Å². The Balaban J connectivity index is 2.34. The molecular weight excluding hydrogens is 248 g/mol. The maximum Gasteiger partial charge on any atom is 0.0112 e. The van der Waals surface area contributed by atoms with Gasteiger partial charge in [-0.15, -0.1) is 0 Å². The Morgan fingerprint density at radius 3 is 2.40 bits per heavy atom. The van der Waals surface area contributed by atoms with E-state index in [0.29, 0.717) is 6.04 Å².